The summed E-state index contributed by atoms with van der Waals surface area (Å²) in [6, 6.07) is 4.05. The molecule has 0 saturated carbocycles. The van der Waals surface area contributed by atoms with Crippen molar-refractivity contribution in [3.8, 4) is 0 Å². The maximum absolute atomic E-state index is 12.5. The molecule has 1 aromatic carbocycles. The second-order valence-corrected chi connectivity index (χ2v) is 3.75. The van der Waals surface area contributed by atoms with Crippen molar-refractivity contribution in [1.29, 1.82) is 0 Å². The Morgan fingerprint density at radius 3 is 2.13 bits per heavy atom. The van der Waals surface area contributed by atoms with Gasteiger partial charge in [-0.1, -0.05) is 13.8 Å². The molecule has 0 heterocycles. The molecule has 1 aromatic rings. The van der Waals surface area contributed by atoms with Crippen LogP contribution >= 0.6 is 0 Å². The average molecular weight is 217 g/mol. The normalized spacial score (nSPS) is 11.9. The van der Waals surface area contributed by atoms with Crippen molar-refractivity contribution in [1.82, 2.24) is 0 Å². The van der Waals surface area contributed by atoms with E-state index < -0.39 is 11.7 Å². The average Bonchev–Trinajstić information content (AvgIpc) is 2.15. The van der Waals surface area contributed by atoms with Gasteiger partial charge >= 0.3 is 6.18 Å². The van der Waals surface area contributed by atoms with Crippen LogP contribution in [0.25, 0.3) is 0 Å². The highest BCUT2D eigenvalue weighted by Crippen LogP contribution is 2.33. The molecule has 0 aliphatic carbocycles. The molecule has 15 heavy (non-hydrogen) atoms. The molecule has 1 N–H and O–H groups in total. The quantitative estimate of drug-likeness (QED) is 0.792. The molecule has 1 rings (SSSR count). The van der Waals surface area contributed by atoms with Crippen LogP contribution in [-0.4, -0.2) is 7.05 Å². The summed E-state index contributed by atoms with van der Waals surface area (Å²) in [5.41, 5.74) is 0.584. The predicted octanol–water partition coefficient (Wildman–Crippen LogP) is 3.87. The van der Waals surface area contributed by atoms with Crippen LogP contribution in [0.2, 0.25) is 0 Å². The van der Waals surface area contributed by atoms with E-state index in [9.17, 15) is 13.2 Å². The Kier molecular flexibility index (Phi) is 3.27. The summed E-state index contributed by atoms with van der Waals surface area (Å²) in [4.78, 5) is 0. The van der Waals surface area contributed by atoms with Gasteiger partial charge in [0.25, 0.3) is 0 Å². The molecule has 0 aromatic heterocycles. The lowest BCUT2D eigenvalue weighted by Gasteiger charge is -2.13. The smallest absolute Gasteiger partial charge is 0.388 e. The SMILES string of the molecule is CNc1cc(C(C)C)cc(C(F)(F)F)c1. The van der Waals surface area contributed by atoms with Crippen LogP contribution in [0.5, 0.6) is 0 Å². The Morgan fingerprint density at radius 1 is 1.13 bits per heavy atom. The van der Waals surface area contributed by atoms with Gasteiger partial charge in [-0.2, -0.15) is 13.2 Å². The molecule has 0 radical (unpaired) electrons. The molecule has 84 valence electrons. The number of anilines is 1. The number of rotatable bonds is 2. The van der Waals surface area contributed by atoms with Crippen molar-refractivity contribution in [2.24, 2.45) is 0 Å². The lowest BCUT2D eigenvalue weighted by Crippen LogP contribution is -2.07. The zero-order valence-corrected chi connectivity index (χ0v) is 8.94. The van der Waals surface area contributed by atoms with Crippen molar-refractivity contribution >= 4 is 5.69 Å². The van der Waals surface area contributed by atoms with Crippen molar-refractivity contribution in [2.75, 3.05) is 12.4 Å². The summed E-state index contributed by atoms with van der Waals surface area (Å²) in [6.07, 6.45) is -4.28. The van der Waals surface area contributed by atoms with Gasteiger partial charge in [0, 0.05) is 12.7 Å². The van der Waals surface area contributed by atoms with Crippen LogP contribution in [0.15, 0.2) is 18.2 Å². The minimum atomic E-state index is -4.28. The molecule has 0 aliphatic rings. The van der Waals surface area contributed by atoms with E-state index in [0.717, 1.165) is 6.07 Å². The topological polar surface area (TPSA) is 12.0 Å². The highest BCUT2D eigenvalue weighted by atomic mass is 19.4. The van der Waals surface area contributed by atoms with Crippen molar-refractivity contribution < 1.29 is 13.2 Å². The van der Waals surface area contributed by atoms with E-state index in [1.807, 2.05) is 13.8 Å². The maximum Gasteiger partial charge on any atom is 0.416 e. The minimum absolute atomic E-state index is 0.0828. The second-order valence-electron chi connectivity index (χ2n) is 3.75. The lowest BCUT2D eigenvalue weighted by molar-refractivity contribution is -0.137. The van der Waals surface area contributed by atoms with Gasteiger partial charge in [0.05, 0.1) is 5.56 Å². The van der Waals surface area contributed by atoms with Gasteiger partial charge < -0.3 is 5.32 Å². The van der Waals surface area contributed by atoms with Crippen LogP contribution in [-0.2, 0) is 6.18 Å². The Morgan fingerprint density at radius 2 is 1.73 bits per heavy atom. The fourth-order valence-electron chi connectivity index (χ4n) is 1.29. The van der Waals surface area contributed by atoms with Gasteiger partial charge in [-0.3, -0.25) is 0 Å². The summed E-state index contributed by atoms with van der Waals surface area (Å²) in [5, 5.41) is 2.73. The molecule has 0 unspecified atom stereocenters. The highest BCUT2D eigenvalue weighted by Gasteiger charge is 2.31. The summed E-state index contributed by atoms with van der Waals surface area (Å²) in [7, 11) is 1.61. The van der Waals surface area contributed by atoms with Crippen LogP contribution in [0, 0.1) is 0 Å². The fourth-order valence-corrected chi connectivity index (χ4v) is 1.29. The van der Waals surface area contributed by atoms with Crippen molar-refractivity contribution in [3.05, 3.63) is 29.3 Å². The lowest BCUT2D eigenvalue weighted by atomic mass is 9.99. The monoisotopic (exact) mass is 217 g/mol. The molecule has 1 nitrogen and oxygen atoms in total. The zero-order valence-electron chi connectivity index (χ0n) is 8.94. The third-order valence-electron chi connectivity index (χ3n) is 2.24. The minimum Gasteiger partial charge on any atom is -0.388 e. The summed E-state index contributed by atoms with van der Waals surface area (Å²) in [6.45, 7) is 3.74. The molecular formula is C11H14F3N. The number of hydrogen-bond acceptors (Lipinski definition) is 1. The van der Waals surface area contributed by atoms with Crippen LogP contribution in [0.1, 0.15) is 30.9 Å². The third-order valence-corrected chi connectivity index (χ3v) is 2.24. The molecular weight excluding hydrogens is 203 g/mol. The zero-order chi connectivity index (χ0) is 11.6. The third kappa shape index (κ3) is 2.88. The predicted molar refractivity (Wildman–Crippen MR) is 55.1 cm³/mol. The molecule has 0 aliphatic heterocycles. The van der Waals surface area contributed by atoms with E-state index in [2.05, 4.69) is 5.32 Å². The van der Waals surface area contributed by atoms with E-state index in [-0.39, 0.29) is 5.92 Å². The van der Waals surface area contributed by atoms with Crippen LogP contribution in [0.4, 0.5) is 18.9 Å². The van der Waals surface area contributed by atoms with Crippen molar-refractivity contribution in [3.63, 3.8) is 0 Å². The van der Waals surface area contributed by atoms with Gasteiger partial charge in [-0.05, 0) is 29.7 Å². The molecule has 0 amide bonds. The first-order valence-corrected chi connectivity index (χ1v) is 4.74. The molecule has 0 atom stereocenters. The van der Waals surface area contributed by atoms with E-state index >= 15 is 0 Å². The largest absolute Gasteiger partial charge is 0.416 e. The Hall–Kier alpha value is -1.19. The first kappa shape index (κ1) is 11.9. The summed E-state index contributed by atoms with van der Waals surface area (Å²) in [5.74, 6) is 0.0828. The highest BCUT2D eigenvalue weighted by molar-refractivity contribution is 5.49. The number of halogens is 3. The molecule has 0 fully saturated rings. The Labute approximate surface area is 87.3 Å². The van der Waals surface area contributed by atoms with Gasteiger partial charge in [0.2, 0.25) is 0 Å². The van der Waals surface area contributed by atoms with Crippen molar-refractivity contribution in [2.45, 2.75) is 25.9 Å². The van der Waals surface area contributed by atoms with E-state index in [4.69, 9.17) is 0 Å². The maximum atomic E-state index is 12.5. The number of alkyl halides is 3. The second kappa shape index (κ2) is 4.13. The summed E-state index contributed by atoms with van der Waals surface area (Å²) < 4.78 is 37.6. The first-order valence-electron chi connectivity index (χ1n) is 4.74. The Balaban J connectivity index is 3.23. The number of hydrogen-bond donors (Lipinski definition) is 1. The summed E-state index contributed by atoms with van der Waals surface area (Å²) >= 11 is 0. The van der Waals surface area contributed by atoms with Gasteiger partial charge in [-0.15, -0.1) is 0 Å². The first-order chi connectivity index (χ1) is 6.84. The standard InChI is InChI=1S/C11H14F3N/c1-7(2)8-4-9(11(12,13)14)6-10(5-8)15-3/h4-7,15H,1-3H3. The van der Waals surface area contributed by atoms with E-state index in [1.54, 1.807) is 13.1 Å². The van der Waals surface area contributed by atoms with Gasteiger partial charge in [0.1, 0.15) is 0 Å². The molecule has 0 saturated heterocycles. The molecule has 0 spiro atoms. The number of benzene rings is 1. The fraction of sp³-hybridized carbons (Fsp3) is 0.455. The van der Waals surface area contributed by atoms with E-state index in [1.165, 1.54) is 6.07 Å². The molecule has 4 heteroatoms. The molecule has 0 bridgehead atoms. The van der Waals surface area contributed by atoms with Gasteiger partial charge in [0.15, 0.2) is 0 Å². The Bertz CT molecular complexity index is 342. The number of nitrogens with one attached hydrogen (secondary N) is 1. The van der Waals surface area contributed by atoms with Crippen LogP contribution in [0.3, 0.4) is 0 Å². The van der Waals surface area contributed by atoms with E-state index in [0.29, 0.717) is 11.3 Å². The van der Waals surface area contributed by atoms with Gasteiger partial charge in [-0.25, -0.2) is 0 Å². The van der Waals surface area contributed by atoms with Crippen LogP contribution < -0.4 is 5.32 Å².